The van der Waals surface area contributed by atoms with Gasteiger partial charge < -0.3 is 14.8 Å². The van der Waals surface area contributed by atoms with Crippen molar-refractivity contribution in [2.45, 2.75) is 39.7 Å². The minimum absolute atomic E-state index is 0.0326. The third-order valence-electron chi connectivity index (χ3n) is 4.02. The zero-order valence-corrected chi connectivity index (χ0v) is 12.8. The highest BCUT2D eigenvalue weighted by atomic mass is 16.1. The van der Waals surface area contributed by atoms with Crippen molar-refractivity contribution in [2.75, 3.05) is 31.5 Å². The maximum Gasteiger partial charge on any atom is 0.293 e. The fourth-order valence-electron chi connectivity index (χ4n) is 2.57. The fraction of sp³-hybridized carbons (Fsp3) is 0.733. The fourth-order valence-corrected chi connectivity index (χ4v) is 2.57. The molecule has 0 amide bonds. The minimum atomic E-state index is -0.0326. The lowest BCUT2D eigenvalue weighted by Crippen LogP contribution is -2.37. The molecule has 0 saturated carbocycles. The van der Waals surface area contributed by atoms with Crippen LogP contribution in [0.5, 0.6) is 0 Å². The number of aromatic nitrogens is 2. The third-order valence-corrected chi connectivity index (χ3v) is 4.02. The van der Waals surface area contributed by atoms with E-state index in [0.717, 1.165) is 19.0 Å². The third kappa shape index (κ3) is 3.82. The molecule has 0 aromatic carbocycles. The van der Waals surface area contributed by atoms with Gasteiger partial charge in [0.1, 0.15) is 0 Å². The molecule has 0 unspecified atom stereocenters. The van der Waals surface area contributed by atoms with Gasteiger partial charge in [-0.25, -0.2) is 4.98 Å². The number of hydrogen-bond acceptors (Lipinski definition) is 4. The quantitative estimate of drug-likeness (QED) is 0.894. The van der Waals surface area contributed by atoms with Crippen molar-refractivity contribution >= 4 is 5.82 Å². The first kappa shape index (κ1) is 15.0. The van der Waals surface area contributed by atoms with Crippen LogP contribution in [-0.4, -0.2) is 40.6 Å². The summed E-state index contributed by atoms with van der Waals surface area (Å²) in [6, 6.07) is 0.162. The number of hydrogen-bond donors (Lipinski definition) is 1. The Morgan fingerprint density at radius 3 is 2.75 bits per heavy atom. The lowest BCUT2D eigenvalue weighted by atomic mass is 9.99. The Balaban J connectivity index is 1.85. The normalized spacial score (nSPS) is 17.6. The van der Waals surface area contributed by atoms with Gasteiger partial charge in [-0.15, -0.1) is 0 Å². The molecule has 2 heterocycles. The molecule has 112 valence electrons. The molecule has 0 atom stereocenters. The van der Waals surface area contributed by atoms with Crippen molar-refractivity contribution in [3.8, 4) is 0 Å². The molecular formula is C15H26N4O. The molecule has 5 heteroatoms. The predicted octanol–water partition coefficient (Wildman–Crippen LogP) is 1.97. The number of rotatable bonds is 5. The van der Waals surface area contributed by atoms with E-state index in [1.54, 1.807) is 17.0 Å². The molecule has 5 nitrogen and oxygen atoms in total. The van der Waals surface area contributed by atoms with Crippen molar-refractivity contribution in [1.29, 1.82) is 0 Å². The molecule has 1 aromatic heterocycles. The lowest BCUT2D eigenvalue weighted by Gasteiger charge is -2.30. The van der Waals surface area contributed by atoms with Gasteiger partial charge in [0.15, 0.2) is 5.82 Å². The Labute approximate surface area is 121 Å². The van der Waals surface area contributed by atoms with Crippen molar-refractivity contribution < 1.29 is 0 Å². The summed E-state index contributed by atoms with van der Waals surface area (Å²) < 4.78 is 1.71. The monoisotopic (exact) mass is 278 g/mol. The highest BCUT2D eigenvalue weighted by Crippen LogP contribution is 2.15. The second-order valence-electron chi connectivity index (χ2n) is 6.03. The Morgan fingerprint density at radius 2 is 2.10 bits per heavy atom. The topological polar surface area (TPSA) is 50.2 Å². The summed E-state index contributed by atoms with van der Waals surface area (Å²) >= 11 is 0. The molecule has 0 bridgehead atoms. The number of piperidine rings is 1. The van der Waals surface area contributed by atoms with E-state index in [-0.39, 0.29) is 11.6 Å². The van der Waals surface area contributed by atoms with Crippen LogP contribution in [0, 0.1) is 5.92 Å². The summed E-state index contributed by atoms with van der Waals surface area (Å²) in [6.07, 6.45) is 5.99. The molecular weight excluding hydrogens is 252 g/mol. The molecule has 0 radical (unpaired) electrons. The lowest BCUT2D eigenvalue weighted by molar-refractivity contribution is 0.199. The van der Waals surface area contributed by atoms with Crippen LogP contribution in [0.1, 0.15) is 39.7 Å². The number of nitrogens with one attached hydrogen (secondary N) is 1. The van der Waals surface area contributed by atoms with Crippen LogP contribution in [-0.2, 0) is 0 Å². The first-order valence-corrected chi connectivity index (χ1v) is 7.61. The first-order valence-electron chi connectivity index (χ1n) is 7.61. The Morgan fingerprint density at radius 1 is 1.40 bits per heavy atom. The Hall–Kier alpha value is -1.36. The van der Waals surface area contributed by atoms with E-state index in [9.17, 15) is 4.79 Å². The molecule has 1 saturated heterocycles. The molecule has 0 aliphatic carbocycles. The van der Waals surface area contributed by atoms with E-state index in [2.05, 4.69) is 22.1 Å². The van der Waals surface area contributed by atoms with E-state index in [4.69, 9.17) is 0 Å². The average Bonchev–Trinajstić information content (AvgIpc) is 2.42. The maximum atomic E-state index is 12.2. The van der Waals surface area contributed by atoms with Crippen LogP contribution < -0.4 is 10.9 Å². The van der Waals surface area contributed by atoms with Gasteiger partial charge in [0.05, 0.1) is 0 Å². The number of anilines is 1. The number of nitrogens with zero attached hydrogens (tertiary/aromatic N) is 3. The van der Waals surface area contributed by atoms with Gasteiger partial charge >= 0.3 is 0 Å². The van der Waals surface area contributed by atoms with Crippen molar-refractivity contribution in [2.24, 2.45) is 5.92 Å². The van der Waals surface area contributed by atoms with Crippen LogP contribution in [0.4, 0.5) is 5.82 Å². The van der Waals surface area contributed by atoms with E-state index in [0.29, 0.717) is 5.82 Å². The molecule has 1 aliphatic rings. The van der Waals surface area contributed by atoms with Gasteiger partial charge in [-0.2, -0.15) is 0 Å². The molecule has 0 spiro atoms. The summed E-state index contributed by atoms with van der Waals surface area (Å²) in [5.74, 6) is 1.32. The van der Waals surface area contributed by atoms with Gasteiger partial charge in [-0.1, -0.05) is 6.92 Å². The predicted molar refractivity (Wildman–Crippen MR) is 82.2 cm³/mol. The zero-order valence-electron chi connectivity index (χ0n) is 12.8. The first-order chi connectivity index (χ1) is 9.58. The zero-order chi connectivity index (χ0) is 14.5. The average molecular weight is 278 g/mol. The van der Waals surface area contributed by atoms with Gasteiger partial charge in [0, 0.05) is 31.5 Å². The molecule has 1 aliphatic heterocycles. The molecule has 20 heavy (non-hydrogen) atoms. The van der Waals surface area contributed by atoms with Crippen molar-refractivity contribution in [3.05, 3.63) is 22.7 Å². The minimum Gasteiger partial charge on any atom is -0.364 e. The second-order valence-corrected chi connectivity index (χ2v) is 6.03. The van der Waals surface area contributed by atoms with E-state index < -0.39 is 0 Å². The summed E-state index contributed by atoms with van der Waals surface area (Å²) in [5, 5.41) is 3.18. The van der Waals surface area contributed by atoms with Crippen LogP contribution >= 0.6 is 0 Å². The summed E-state index contributed by atoms with van der Waals surface area (Å²) in [6.45, 7) is 10.4. The molecule has 1 N–H and O–H groups in total. The van der Waals surface area contributed by atoms with Crippen LogP contribution in [0.2, 0.25) is 0 Å². The highest BCUT2D eigenvalue weighted by molar-refractivity contribution is 5.30. The Bertz CT molecular complexity index is 475. The van der Waals surface area contributed by atoms with Gasteiger partial charge in [0.25, 0.3) is 5.56 Å². The van der Waals surface area contributed by atoms with Gasteiger partial charge in [0.2, 0.25) is 0 Å². The Kier molecular flexibility index (Phi) is 5.17. The molecule has 1 fully saturated rings. The standard InChI is InChI=1S/C15H26N4O/c1-12(2)19-11-7-17-14(15(19)20)16-6-10-18-8-4-13(3)5-9-18/h7,11-13H,4-6,8-10H2,1-3H3,(H,16,17). The highest BCUT2D eigenvalue weighted by Gasteiger charge is 2.15. The maximum absolute atomic E-state index is 12.2. The van der Waals surface area contributed by atoms with Crippen LogP contribution in [0.25, 0.3) is 0 Å². The number of likely N-dealkylation sites (tertiary alicyclic amines) is 1. The van der Waals surface area contributed by atoms with E-state index in [1.807, 2.05) is 13.8 Å². The van der Waals surface area contributed by atoms with E-state index in [1.165, 1.54) is 25.9 Å². The summed E-state index contributed by atoms with van der Waals surface area (Å²) in [4.78, 5) is 18.8. The SMILES string of the molecule is CC1CCN(CCNc2nccn(C(C)C)c2=O)CC1. The van der Waals surface area contributed by atoms with Gasteiger partial charge in [-0.3, -0.25) is 4.79 Å². The summed E-state index contributed by atoms with van der Waals surface area (Å²) in [7, 11) is 0. The summed E-state index contributed by atoms with van der Waals surface area (Å²) in [5.41, 5.74) is -0.0326. The van der Waals surface area contributed by atoms with Crippen LogP contribution in [0.15, 0.2) is 17.2 Å². The van der Waals surface area contributed by atoms with Crippen LogP contribution in [0.3, 0.4) is 0 Å². The van der Waals surface area contributed by atoms with Crippen molar-refractivity contribution in [1.82, 2.24) is 14.5 Å². The molecule has 2 rings (SSSR count). The molecule has 1 aromatic rings. The van der Waals surface area contributed by atoms with E-state index >= 15 is 0 Å². The van der Waals surface area contributed by atoms with Gasteiger partial charge in [-0.05, 0) is 45.7 Å². The van der Waals surface area contributed by atoms with Crippen molar-refractivity contribution in [3.63, 3.8) is 0 Å². The second kappa shape index (κ2) is 6.88. The smallest absolute Gasteiger partial charge is 0.293 e. The largest absolute Gasteiger partial charge is 0.364 e.